The third-order valence-corrected chi connectivity index (χ3v) is 2.40. The van der Waals surface area contributed by atoms with Crippen molar-refractivity contribution in [3.63, 3.8) is 0 Å². The Kier molecular flexibility index (Phi) is 6.03. The van der Waals surface area contributed by atoms with Crippen molar-refractivity contribution in [1.82, 2.24) is 4.90 Å². The predicted octanol–water partition coefficient (Wildman–Crippen LogP) is 0.700. The van der Waals surface area contributed by atoms with E-state index < -0.39 is 0 Å². The quantitative estimate of drug-likeness (QED) is 0.679. The summed E-state index contributed by atoms with van der Waals surface area (Å²) >= 11 is 0. The SMILES string of the molecule is CC(C(=O)ON)N1CCCCC1.Cl. The number of nitrogens with zero attached hydrogens (tertiary/aromatic N) is 1. The van der Waals surface area contributed by atoms with Crippen LogP contribution in [0.3, 0.4) is 0 Å². The van der Waals surface area contributed by atoms with Crippen molar-refractivity contribution in [3.8, 4) is 0 Å². The molecule has 5 heteroatoms. The molecule has 0 spiro atoms. The molecule has 1 saturated heterocycles. The first-order valence-corrected chi connectivity index (χ1v) is 4.40. The van der Waals surface area contributed by atoms with Gasteiger partial charge in [0.25, 0.3) is 0 Å². The van der Waals surface area contributed by atoms with Crippen LogP contribution in [0.2, 0.25) is 0 Å². The molecule has 0 aromatic carbocycles. The molecule has 0 bridgehead atoms. The maximum absolute atomic E-state index is 11.0. The second kappa shape index (κ2) is 6.18. The molecule has 0 aliphatic carbocycles. The molecule has 1 unspecified atom stereocenters. The Labute approximate surface area is 84.8 Å². The van der Waals surface area contributed by atoms with Crippen molar-refractivity contribution >= 4 is 18.4 Å². The number of hydrogen-bond acceptors (Lipinski definition) is 4. The molecule has 1 aliphatic rings. The largest absolute Gasteiger partial charge is 0.372 e. The molecule has 13 heavy (non-hydrogen) atoms. The van der Waals surface area contributed by atoms with Crippen LogP contribution in [0.5, 0.6) is 0 Å². The van der Waals surface area contributed by atoms with Gasteiger partial charge in [-0.25, -0.2) is 4.79 Å². The van der Waals surface area contributed by atoms with Crippen LogP contribution in [0.4, 0.5) is 0 Å². The van der Waals surface area contributed by atoms with E-state index in [1.54, 1.807) is 0 Å². The molecule has 0 saturated carbocycles. The summed E-state index contributed by atoms with van der Waals surface area (Å²) in [6, 6.07) is -0.185. The van der Waals surface area contributed by atoms with Crippen molar-refractivity contribution in [2.75, 3.05) is 13.1 Å². The lowest BCUT2D eigenvalue weighted by molar-refractivity contribution is -0.150. The van der Waals surface area contributed by atoms with Crippen LogP contribution in [0.1, 0.15) is 26.2 Å². The van der Waals surface area contributed by atoms with E-state index in [9.17, 15) is 4.79 Å². The molecule has 1 rings (SSSR count). The number of rotatable bonds is 2. The van der Waals surface area contributed by atoms with Gasteiger partial charge in [0.1, 0.15) is 6.04 Å². The average molecular weight is 209 g/mol. The highest BCUT2D eigenvalue weighted by Crippen LogP contribution is 2.12. The number of carbonyl (C=O) groups excluding carboxylic acids is 1. The molecule has 0 radical (unpaired) electrons. The standard InChI is InChI=1S/C8H16N2O2.ClH/c1-7(8(11)12-9)10-5-3-2-4-6-10;/h7H,2-6,9H2,1H3;1H. The molecule has 0 aromatic rings. The highest BCUT2D eigenvalue weighted by molar-refractivity contribution is 5.85. The summed E-state index contributed by atoms with van der Waals surface area (Å²) in [4.78, 5) is 17.3. The van der Waals surface area contributed by atoms with Crippen molar-refractivity contribution < 1.29 is 9.63 Å². The van der Waals surface area contributed by atoms with E-state index in [-0.39, 0.29) is 24.4 Å². The summed E-state index contributed by atoms with van der Waals surface area (Å²) in [6.45, 7) is 3.80. The van der Waals surface area contributed by atoms with Gasteiger partial charge >= 0.3 is 5.97 Å². The van der Waals surface area contributed by atoms with Gasteiger partial charge in [-0.05, 0) is 32.9 Å². The zero-order valence-electron chi connectivity index (χ0n) is 7.86. The predicted molar refractivity (Wildman–Crippen MR) is 52.4 cm³/mol. The van der Waals surface area contributed by atoms with E-state index in [0.29, 0.717) is 0 Å². The van der Waals surface area contributed by atoms with Gasteiger partial charge in [-0.2, -0.15) is 5.90 Å². The first-order valence-electron chi connectivity index (χ1n) is 4.40. The number of likely N-dealkylation sites (tertiary alicyclic amines) is 1. The minimum atomic E-state index is -0.336. The van der Waals surface area contributed by atoms with Crippen LogP contribution < -0.4 is 5.90 Å². The van der Waals surface area contributed by atoms with Gasteiger partial charge in [0.05, 0.1) is 0 Å². The van der Waals surface area contributed by atoms with Crippen LogP contribution >= 0.6 is 12.4 Å². The fraction of sp³-hybridized carbons (Fsp3) is 0.875. The third-order valence-electron chi connectivity index (χ3n) is 2.40. The van der Waals surface area contributed by atoms with Gasteiger partial charge in [0.2, 0.25) is 0 Å². The minimum Gasteiger partial charge on any atom is -0.372 e. The molecule has 4 nitrogen and oxygen atoms in total. The van der Waals surface area contributed by atoms with Crippen molar-refractivity contribution in [2.24, 2.45) is 5.90 Å². The molecular weight excluding hydrogens is 192 g/mol. The van der Waals surface area contributed by atoms with Crippen molar-refractivity contribution in [1.29, 1.82) is 0 Å². The van der Waals surface area contributed by atoms with Gasteiger partial charge in [-0.15, -0.1) is 12.4 Å². The molecule has 1 heterocycles. The zero-order valence-corrected chi connectivity index (χ0v) is 8.68. The van der Waals surface area contributed by atoms with Crippen molar-refractivity contribution in [3.05, 3.63) is 0 Å². The topological polar surface area (TPSA) is 55.6 Å². The fourth-order valence-corrected chi connectivity index (χ4v) is 1.55. The summed E-state index contributed by atoms with van der Waals surface area (Å²) in [5.41, 5.74) is 0. The lowest BCUT2D eigenvalue weighted by Gasteiger charge is -2.30. The van der Waals surface area contributed by atoms with Crippen LogP contribution in [-0.2, 0) is 9.63 Å². The number of hydrogen-bond donors (Lipinski definition) is 1. The summed E-state index contributed by atoms with van der Waals surface area (Å²) in [7, 11) is 0. The third kappa shape index (κ3) is 3.50. The van der Waals surface area contributed by atoms with Crippen LogP contribution in [0, 0.1) is 0 Å². The number of carbonyl (C=O) groups is 1. The number of halogens is 1. The maximum Gasteiger partial charge on any atom is 0.341 e. The molecule has 0 amide bonds. The Morgan fingerprint density at radius 3 is 2.38 bits per heavy atom. The van der Waals surface area contributed by atoms with E-state index in [1.807, 2.05) is 6.92 Å². The molecular formula is C8H17ClN2O2. The first kappa shape index (κ1) is 12.7. The summed E-state index contributed by atoms with van der Waals surface area (Å²) in [5, 5.41) is 0. The molecule has 2 N–H and O–H groups in total. The molecule has 1 atom stereocenters. The lowest BCUT2D eigenvalue weighted by Crippen LogP contribution is -2.43. The van der Waals surface area contributed by atoms with Crippen LogP contribution in [-0.4, -0.2) is 30.0 Å². The summed E-state index contributed by atoms with van der Waals surface area (Å²) < 4.78 is 0. The average Bonchev–Trinajstić information content (AvgIpc) is 2.17. The van der Waals surface area contributed by atoms with Crippen LogP contribution in [0.15, 0.2) is 0 Å². The monoisotopic (exact) mass is 208 g/mol. The molecule has 1 aliphatic heterocycles. The van der Waals surface area contributed by atoms with Crippen molar-refractivity contribution in [2.45, 2.75) is 32.2 Å². The normalized spacial score (nSPS) is 20.2. The van der Waals surface area contributed by atoms with Gasteiger partial charge in [-0.1, -0.05) is 6.42 Å². The van der Waals surface area contributed by atoms with E-state index in [1.165, 1.54) is 19.3 Å². The van der Waals surface area contributed by atoms with E-state index in [0.717, 1.165) is 13.1 Å². The number of nitrogens with two attached hydrogens (primary N) is 1. The first-order chi connectivity index (χ1) is 5.75. The Morgan fingerprint density at radius 1 is 1.38 bits per heavy atom. The Morgan fingerprint density at radius 2 is 1.92 bits per heavy atom. The molecule has 78 valence electrons. The Balaban J connectivity index is 0.00000144. The maximum atomic E-state index is 11.0. The Bertz CT molecular complexity index is 160. The minimum absolute atomic E-state index is 0. The number of piperidine rings is 1. The van der Waals surface area contributed by atoms with E-state index >= 15 is 0 Å². The summed E-state index contributed by atoms with van der Waals surface area (Å²) in [5.74, 6) is 4.47. The van der Waals surface area contributed by atoms with Gasteiger partial charge < -0.3 is 4.84 Å². The molecule has 1 fully saturated rings. The second-order valence-corrected chi connectivity index (χ2v) is 3.21. The second-order valence-electron chi connectivity index (χ2n) is 3.21. The van der Waals surface area contributed by atoms with Crippen LogP contribution in [0.25, 0.3) is 0 Å². The smallest absolute Gasteiger partial charge is 0.341 e. The van der Waals surface area contributed by atoms with Gasteiger partial charge in [0, 0.05) is 0 Å². The highest BCUT2D eigenvalue weighted by atomic mass is 35.5. The van der Waals surface area contributed by atoms with E-state index in [4.69, 9.17) is 5.90 Å². The fourth-order valence-electron chi connectivity index (χ4n) is 1.55. The van der Waals surface area contributed by atoms with Gasteiger partial charge in [-0.3, -0.25) is 4.90 Å². The van der Waals surface area contributed by atoms with Gasteiger partial charge in [0.15, 0.2) is 0 Å². The summed E-state index contributed by atoms with van der Waals surface area (Å²) in [6.07, 6.45) is 3.60. The van der Waals surface area contributed by atoms with E-state index in [2.05, 4.69) is 9.74 Å². The highest BCUT2D eigenvalue weighted by Gasteiger charge is 2.23. The Hall–Kier alpha value is -0.320. The molecule has 0 aromatic heterocycles. The zero-order chi connectivity index (χ0) is 8.97. The lowest BCUT2D eigenvalue weighted by atomic mass is 10.1.